The quantitative estimate of drug-likeness (QED) is 0.485. The van der Waals surface area contributed by atoms with E-state index in [0.717, 1.165) is 11.1 Å². The zero-order valence-corrected chi connectivity index (χ0v) is 15.4. The van der Waals surface area contributed by atoms with E-state index in [2.05, 4.69) is 15.3 Å². The molecule has 4 aromatic rings. The lowest BCUT2D eigenvalue weighted by molar-refractivity contribution is 0.0997. The average molecular weight is 377 g/mol. The van der Waals surface area contributed by atoms with E-state index in [9.17, 15) is 9.90 Å². The van der Waals surface area contributed by atoms with Crippen molar-refractivity contribution in [1.82, 2.24) is 9.97 Å². The van der Waals surface area contributed by atoms with Crippen LogP contribution in [0.4, 0.5) is 5.69 Å². The summed E-state index contributed by atoms with van der Waals surface area (Å²) in [5.74, 6) is 1.61. The molecule has 142 valence electrons. The molecule has 4 rings (SSSR count). The van der Waals surface area contributed by atoms with Crippen molar-refractivity contribution >= 4 is 22.6 Å². The van der Waals surface area contributed by atoms with Crippen LogP contribution in [0.5, 0.6) is 5.75 Å². The normalized spacial score (nSPS) is 12.1. The standard InChI is InChI=1S/C21H19N3O4/c1-12(25)20-23-16-7-6-14(11-17(16)24-20)22-21(26)19-9-8-18(28-19)13-4-3-5-15(10-13)27-2/h3-12,25H,1-2H3,(H,22,26)(H,23,24). The first-order valence-corrected chi connectivity index (χ1v) is 8.77. The van der Waals surface area contributed by atoms with Gasteiger partial charge >= 0.3 is 0 Å². The van der Waals surface area contributed by atoms with Crippen LogP contribution in [0.1, 0.15) is 29.4 Å². The predicted molar refractivity (Wildman–Crippen MR) is 105 cm³/mol. The molecule has 7 nitrogen and oxygen atoms in total. The number of carbonyl (C=O) groups is 1. The minimum atomic E-state index is -0.691. The van der Waals surface area contributed by atoms with Gasteiger partial charge in [0.05, 0.1) is 18.1 Å². The molecule has 0 spiro atoms. The number of H-pyrrole nitrogens is 1. The van der Waals surface area contributed by atoms with Gasteiger partial charge in [0.15, 0.2) is 5.76 Å². The summed E-state index contributed by atoms with van der Waals surface area (Å²) in [6, 6.07) is 16.1. The Balaban J connectivity index is 1.54. The summed E-state index contributed by atoms with van der Waals surface area (Å²) in [5.41, 5.74) is 2.86. The monoisotopic (exact) mass is 377 g/mol. The number of hydrogen-bond donors (Lipinski definition) is 3. The van der Waals surface area contributed by atoms with Gasteiger partial charge in [-0.05, 0) is 49.4 Å². The number of methoxy groups -OCH3 is 1. The van der Waals surface area contributed by atoms with E-state index < -0.39 is 6.10 Å². The number of imidazole rings is 1. The lowest BCUT2D eigenvalue weighted by Gasteiger charge is -2.04. The third-order valence-electron chi connectivity index (χ3n) is 4.34. The van der Waals surface area contributed by atoms with Gasteiger partial charge in [0.25, 0.3) is 5.91 Å². The number of ether oxygens (including phenoxy) is 1. The summed E-state index contributed by atoms with van der Waals surface area (Å²) in [7, 11) is 1.60. The highest BCUT2D eigenvalue weighted by Crippen LogP contribution is 2.26. The number of benzene rings is 2. The summed E-state index contributed by atoms with van der Waals surface area (Å²) in [5, 5.41) is 12.4. The van der Waals surface area contributed by atoms with Gasteiger partial charge in [-0.1, -0.05) is 12.1 Å². The van der Waals surface area contributed by atoms with Gasteiger partial charge in [-0.15, -0.1) is 0 Å². The molecule has 0 aliphatic rings. The Bertz CT molecular complexity index is 1140. The van der Waals surface area contributed by atoms with Gasteiger partial charge in [-0.3, -0.25) is 4.79 Å². The van der Waals surface area contributed by atoms with Crippen molar-refractivity contribution in [3.05, 3.63) is 66.2 Å². The van der Waals surface area contributed by atoms with Gasteiger partial charge < -0.3 is 24.6 Å². The van der Waals surface area contributed by atoms with E-state index in [1.54, 1.807) is 44.4 Å². The molecule has 28 heavy (non-hydrogen) atoms. The Labute approximate surface area is 161 Å². The second kappa shape index (κ2) is 7.21. The van der Waals surface area contributed by atoms with Crippen LogP contribution in [-0.2, 0) is 0 Å². The molecule has 0 radical (unpaired) electrons. The molecule has 3 N–H and O–H groups in total. The Hall–Kier alpha value is -3.58. The summed E-state index contributed by atoms with van der Waals surface area (Å²) < 4.78 is 10.9. The number of aromatic nitrogens is 2. The minimum absolute atomic E-state index is 0.201. The van der Waals surface area contributed by atoms with Gasteiger partial charge in [-0.2, -0.15) is 0 Å². The third kappa shape index (κ3) is 3.47. The van der Waals surface area contributed by atoms with E-state index in [1.165, 1.54) is 0 Å². The first-order valence-electron chi connectivity index (χ1n) is 8.77. The van der Waals surface area contributed by atoms with Crippen molar-refractivity contribution in [2.75, 3.05) is 12.4 Å². The highest BCUT2D eigenvalue weighted by atomic mass is 16.5. The molecule has 0 saturated heterocycles. The summed E-state index contributed by atoms with van der Waals surface area (Å²) >= 11 is 0. The van der Waals surface area contributed by atoms with E-state index in [1.807, 2.05) is 24.3 Å². The SMILES string of the molecule is COc1cccc(-c2ccc(C(=O)Nc3ccc4nc(C(C)O)[nH]c4c3)o2)c1. The highest BCUT2D eigenvalue weighted by Gasteiger charge is 2.14. The number of aliphatic hydroxyl groups excluding tert-OH is 1. The number of aliphatic hydroxyl groups is 1. The lowest BCUT2D eigenvalue weighted by Crippen LogP contribution is -2.10. The molecule has 0 aliphatic heterocycles. The molecule has 2 aromatic heterocycles. The Kier molecular flexibility index (Phi) is 4.58. The fourth-order valence-electron chi connectivity index (χ4n) is 2.89. The fraction of sp³-hybridized carbons (Fsp3) is 0.143. The maximum absolute atomic E-state index is 12.5. The molecule has 0 saturated carbocycles. The molecule has 0 bridgehead atoms. The molecular formula is C21H19N3O4. The number of nitrogens with one attached hydrogen (secondary N) is 2. The maximum atomic E-state index is 12.5. The number of rotatable bonds is 5. The molecule has 0 fully saturated rings. The first-order chi connectivity index (χ1) is 13.5. The second-order valence-corrected chi connectivity index (χ2v) is 6.38. The van der Waals surface area contributed by atoms with Gasteiger partial charge in [0.2, 0.25) is 0 Å². The molecule has 2 aromatic carbocycles. The van der Waals surface area contributed by atoms with Crippen LogP contribution in [0.25, 0.3) is 22.4 Å². The molecule has 1 atom stereocenters. The second-order valence-electron chi connectivity index (χ2n) is 6.38. The molecule has 2 heterocycles. The minimum Gasteiger partial charge on any atom is -0.497 e. The Morgan fingerprint density at radius 1 is 1.21 bits per heavy atom. The van der Waals surface area contributed by atoms with E-state index in [4.69, 9.17) is 9.15 Å². The number of nitrogens with zero attached hydrogens (tertiary/aromatic N) is 1. The van der Waals surface area contributed by atoms with Crippen molar-refractivity contribution in [2.45, 2.75) is 13.0 Å². The molecule has 0 aliphatic carbocycles. The van der Waals surface area contributed by atoms with E-state index >= 15 is 0 Å². The van der Waals surface area contributed by atoms with Crippen LogP contribution in [0.15, 0.2) is 59.0 Å². The highest BCUT2D eigenvalue weighted by molar-refractivity contribution is 6.03. The molecule has 1 unspecified atom stereocenters. The predicted octanol–water partition coefficient (Wildman–Crippen LogP) is 4.14. The topological polar surface area (TPSA) is 100 Å². The number of aromatic amines is 1. The average Bonchev–Trinajstić information content (AvgIpc) is 3.35. The van der Waals surface area contributed by atoms with Crippen molar-refractivity contribution in [2.24, 2.45) is 0 Å². The smallest absolute Gasteiger partial charge is 0.291 e. The number of furan rings is 1. The van der Waals surface area contributed by atoms with Gasteiger partial charge in [0, 0.05) is 11.3 Å². The summed E-state index contributed by atoms with van der Waals surface area (Å²) in [4.78, 5) is 19.9. The number of amides is 1. The number of fused-ring (bicyclic) bond motifs is 1. The van der Waals surface area contributed by atoms with Crippen LogP contribution >= 0.6 is 0 Å². The molecule has 7 heteroatoms. The zero-order valence-electron chi connectivity index (χ0n) is 15.4. The van der Waals surface area contributed by atoms with Crippen LogP contribution in [0.2, 0.25) is 0 Å². The van der Waals surface area contributed by atoms with Crippen LogP contribution in [-0.4, -0.2) is 28.1 Å². The van der Waals surface area contributed by atoms with Crippen molar-refractivity contribution in [1.29, 1.82) is 0 Å². The molecule has 1 amide bonds. The van der Waals surface area contributed by atoms with Crippen LogP contribution in [0, 0.1) is 0 Å². The summed E-state index contributed by atoms with van der Waals surface area (Å²) in [6.45, 7) is 1.64. The van der Waals surface area contributed by atoms with Crippen molar-refractivity contribution in [3.63, 3.8) is 0 Å². The lowest BCUT2D eigenvalue weighted by atomic mass is 10.2. The maximum Gasteiger partial charge on any atom is 0.291 e. The van der Waals surface area contributed by atoms with Gasteiger partial charge in [0.1, 0.15) is 23.4 Å². The third-order valence-corrected chi connectivity index (χ3v) is 4.34. The Morgan fingerprint density at radius 2 is 2.07 bits per heavy atom. The van der Waals surface area contributed by atoms with E-state index in [-0.39, 0.29) is 11.7 Å². The number of anilines is 1. The van der Waals surface area contributed by atoms with Crippen molar-refractivity contribution < 1.29 is 19.1 Å². The van der Waals surface area contributed by atoms with E-state index in [0.29, 0.717) is 28.5 Å². The van der Waals surface area contributed by atoms with Crippen molar-refractivity contribution in [3.8, 4) is 17.1 Å². The largest absolute Gasteiger partial charge is 0.497 e. The summed E-state index contributed by atoms with van der Waals surface area (Å²) in [6.07, 6.45) is -0.691. The molecular weight excluding hydrogens is 358 g/mol. The first kappa shape index (κ1) is 17.8. The zero-order chi connectivity index (χ0) is 19.7. The fourth-order valence-corrected chi connectivity index (χ4v) is 2.89. The van der Waals surface area contributed by atoms with Gasteiger partial charge in [-0.25, -0.2) is 4.98 Å². The number of hydrogen-bond acceptors (Lipinski definition) is 5. The van der Waals surface area contributed by atoms with Crippen LogP contribution < -0.4 is 10.1 Å². The number of carbonyl (C=O) groups excluding carboxylic acids is 1. The van der Waals surface area contributed by atoms with Crippen LogP contribution in [0.3, 0.4) is 0 Å². The Morgan fingerprint density at radius 3 is 2.86 bits per heavy atom.